The molecule has 1 saturated heterocycles. The summed E-state index contributed by atoms with van der Waals surface area (Å²) in [5.41, 5.74) is 0.341. The monoisotopic (exact) mass is 278 g/mol. The Labute approximate surface area is 119 Å². The van der Waals surface area contributed by atoms with Crippen molar-refractivity contribution in [2.75, 3.05) is 25.0 Å². The minimum atomic E-state index is -0.187. The number of carbonyl (C=O) groups excluding carboxylic acids is 1. The first-order valence-corrected chi connectivity index (χ1v) is 7.25. The standard InChI is InChI=1S/C14H22N4O2/c1-2-16-13-10-15-9-12(18-13)14(19)17-7-6-11-5-3-4-8-20-11/h9-11H,2-8H2,1H3,(H,16,18)(H,17,19). The maximum atomic E-state index is 12.0. The van der Waals surface area contributed by atoms with Gasteiger partial charge in [0.25, 0.3) is 5.91 Å². The van der Waals surface area contributed by atoms with E-state index >= 15 is 0 Å². The lowest BCUT2D eigenvalue weighted by molar-refractivity contribution is 0.0117. The molecule has 0 aliphatic carbocycles. The number of anilines is 1. The number of hydrogen-bond donors (Lipinski definition) is 2. The van der Waals surface area contributed by atoms with Gasteiger partial charge in [-0.05, 0) is 32.6 Å². The molecule has 1 atom stereocenters. The number of carbonyl (C=O) groups is 1. The first-order valence-electron chi connectivity index (χ1n) is 7.25. The van der Waals surface area contributed by atoms with E-state index in [1.165, 1.54) is 12.6 Å². The quantitative estimate of drug-likeness (QED) is 0.826. The van der Waals surface area contributed by atoms with Gasteiger partial charge in [0.2, 0.25) is 0 Å². The summed E-state index contributed by atoms with van der Waals surface area (Å²) in [5, 5.41) is 5.90. The number of nitrogens with one attached hydrogen (secondary N) is 2. The van der Waals surface area contributed by atoms with Crippen LogP contribution in [0.3, 0.4) is 0 Å². The Morgan fingerprint density at radius 1 is 1.45 bits per heavy atom. The minimum Gasteiger partial charge on any atom is -0.378 e. The SMILES string of the molecule is CCNc1cncc(C(=O)NCCC2CCCCO2)n1. The number of nitrogens with zero attached hydrogens (tertiary/aromatic N) is 2. The zero-order chi connectivity index (χ0) is 14.2. The maximum absolute atomic E-state index is 12.0. The molecular weight excluding hydrogens is 256 g/mol. The predicted molar refractivity (Wildman–Crippen MR) is 76.7 cm³/mol. The highest BCUT2D eigenvalue weighted by Gasteiger charge is 2.14. The summed E-state index contributed by atoms with van der Waals surface area (Å²) in [6.07, 6.45) is 7.68. The van der Waals surface area contributed by atoms with E-state index in [-0.39, 0.29) is 12.0 Å². The van der Waals surface area contributed by atoms with Gasteiger partial charge in [-0.2, -0.15) is 0 Å². The molecule has 110 valence electrons. The van der Waals surface area contributed by atoms with E-state index in [9.17, 15) is 4.79 Å². The second kappa shape index (κ2) is 7.79. The third-order valence-electron chi connectivity index (χ3n) is 3.25. The van der Waals surface area contributed by atoms with Crippen LogP contribution in [-0.4, -0.2) is 41.7 Å². The Hall–Kier alpha value is -1.69. The minimum absolute atomic E-state index is 0.187. The molecule has 2 N–H and O–H groups in total. The molecule has 1 unspecified atom stereocenters. The molecule has 1 aromatic rings. The number of amides is 1. The lowest BCUT2D eigenvalue weighted by Gasteiger charge is -2.22. The van der Waals surface area contributed by atoms with E-state index in [1.54, 1.807) is 6.20 Å². The molecule has 1 aliphatic rings. The highest BCUT2D eigenvalue weighted by Crippen LogP contribution is 2.14. The van der Waals surface area contributed by atoms with Gasteiger partial charge < -0.3 is 15.4 Å². The normalized spacial score (nSPS) is 18.6. The molecular formula is C14H22N4O2. The van der Waals surface area contributed by atoms with Gasteiger partial charge in [-0.1, -0.05) is 0 Å². The molecule has 1 fully saturated rings. The number of aromatic nitrogens is 2. The zero-order valence-corrected chi connectivity index (χ0v) is 11.9. The Balaban J connectivity index is 1.77. The molecule has 0 bridgehead atoms. The lowest BCUT2D eigenvalue weighted by atomic mass is 10.1. The maximum Gasteiger partial charge on any atom is 0.271 e. The van der Waals surface area contributed by atoms with E-state index in [0.717, 1.165) is 32.4 Å². The van der Waals surface area contributed by atoms with Crippen molar-refractivity contribution in [3.8, 4) is 0 Å². The topological polar surface area (TPSA) is 76.1 Å². The average molecular weight is 278 g/mol. The predicted octanol–water partition coefficient (Wildman–Crippen LogP) is 1.60. The number of hydrogen-bond acceptors (Lipinski definition) is 5. The van der Waals surface area contributed by atoms with Crippen LogP contribution in [0, 0.1) is 0 Å². The Bertz CT molecular complexity index is 433. The largest absolute Gasteiger partial charge is 0.378 e. The van der Waals surface area contributed by atoms with E-state index in [4.69, 9.17) is 4.74 Å². The second-order valence-electron chi connectivity index (χ2n) is 4.85. The Morgan fingerprint density at radius 3 is 3.10 bits per heavy atom. The van der Waals surface area contributed by atoms with Crippen LogP contribution in [0.25, 0.3) is 0 Å². The zero-order valence-electron chi connectivity index (χ0n) is 11.9. The van der Waals surface area contributed by atoms with E-state index in [1.807, 2.05) is 6.92 Å². The summed E-state index contributed by atoms with van der Waals surface area (Å²) >= 11 is 0. The number of rotatable bonds is 6. The smallest absolute Gasteiger partial charge is 0.271 e. The fraction of sp³-hybridized carbons (Fsp3) is 0.643. The molecule has 2 rings (SSSR count). The summed E-state index contributed by atoms with van der Waals surface area (Å²) < 4.78 is 5.63. The van der Waals surface area contributed by atoms with Gasteiger partial charge in [0.15, 0.2) is 0 Å². The van der Waals surface area contributed by atoms with Crippen molar-refractivity contribution in [2.45, 2.75) is 38.7 Å². The van der Waals surface area contributed by atoms with Gasteiger partial charge in [0.05, 0.1) is 18.5 Å². The van der Waals surface area contributed by atoms with Crippen LogP contribution in [0.2, 0.25) is 0 Å². The second-order valence-corrected chi connectivity index (χ2v) is 4.85. The summed E-state index contributed by atoms with van der Waals surface area (Å²) in [6.45, 7) is 4.17. The molecule has 1 aromatic heterocycles. The lowest BCUT2D eigenvalue weighted by Crippen LogP contribution is -2.30. The third-order valence-corrected chi connectivity index (χ3v) is 3.25. The van der Waals surface area contributed by atoms with Crippen LogP contribution in [0.4, 0.5) is 5.82 Å². The van der Waals surface area contributed by atoms with Crippen molar-refractivity contribution in [2.24, 2.45) is 0 Å². The molecule has 20 heavy (non-hydrogen) atoms. The van der Waals surface area contributed by atoms with Crippen LogP contribution in [0.1, 0.15) is 43.1 Å². The van der Waals surface area contributed by atoms with Gasteiger partial charge >= 0.3 is 0 Å². The summed E-state index contributed by atoms with van der Waals surface area (Å²) in [6, 6.07) is 0. The van der Waals surface area contributed by atoms with Gasteiger partial charge in [0, 0.05) is 19.7 Å². The summed E-state index contributed by atoms with van der Waals surface area (Å²) in [7, 11) is 0. The van der Waals surface area contributed by atoms with Gasteiger partial charge in [-0.3, -0.25) is 9.78 Å². The Morgan fingerprint density at radius 2 is 2.35 bits per heavy atom. The highest BCUT2D eigenvalue weighted by atomic mass is 16.5. The first kappa shape index (κ1) is 14.7. The summed E-state index contributed by atoms with van der Waals surface area (Å²) in [5.74, 6) is 0.434. The van der Waals surface area contributed by atoms with Crippen molar-refractivity contribution >= 4 is 11.7 Å². The van der Waals surface area contributed by atoms with Crippen molar-refractivity contribution in [3.05, 3.63) is 18.1 Å². The molecule has 0 aromatic carbocycles. The van der Waals surface area contributed by atoms with Crippen molar-refractivity contribution < 1.29 is 9.53 Å². The average Bonchev–Trinajstić information content (AvgIpc) is 2.49. The van der Waals surface area contributed by atoms with Crippen molar-refractivity contribution in [3.63, 3.8) is 0 Å². The molecule has 1 aliphatic heterocycles. The molecule has 0 spiro atoms. The number of ether oxygens (including phenoxy) is 1. The van der Waals surface area contributed by atoms with Crippen LogP contribution in [0.5, 0.6) is 0 Å². The van der Waals surface area contributed by atoms with Crippen LogP contribution in [-0.2, 0) is 4.74 Å². The van der Waals surface area contributed by atoms with E-state index in [2.05, 4.69) is 20.6 Å². The van der Waals surface area contributed by atoms with Crippen LogP contribution >= 0.6 is 0 Å². The highest BCUT2D eigenvalue weighted by molar-refractivity contribution is 5.92. The summed E-state index contributed by atoms with van der Waals surface area (Å²) in [4.78, 5) is 20.2. The van der Waals surface area contributed by atoms with E-state index in [0.29, 0.717) is 18.1 Å². The van der Waals surface area contributed by atoms with E-state index < -0.39 is 0 Å². The molecule has 6 heteroatoms. The Kier molecular flexibility index (Phi) is 5.73. The van der Waals surface area contributed by atoms with Gasteiger partial charge in [-0.15, -0.1) is 0 Å². The van der Waals surface area contributed by atoms with Crippen LogP contribution < -0.4 is 10.6 Å². The van der Waals surface area contributed by atoms with Crippen molar-refractivity contribution in [1.29, 1.82) is 0 Å². The van der Waals surface area contributed by atoms with Crippen LogP contribution in [0.15, 0.2) is 12.4 Å². The molecule has 1 amide bonds. The first-order chi connectivity index (χ1) is 9.79. The molecule has 2 heterocycles. The third kappa shape index (κ3) is 4.45. The van der Waals surface area contributed by atoms with Crippen molar-refractivity contribution in [1.82, 2.24) is 15.3 Å². The fourth-order valence-corrected chi connectivity index (χ4v) is 2.21. The van der Waals surface area contributed by atoms with Gasteiger partial charge in [-0.25, -0.2) is 4.98 Å². The molecule has 0 radical (unpaired) electrons. The molecule has 0 saturated carbocycles. The molecule has 6 nitrogen and oxygen atoms in total. The van der Waals surface area contributed by atoms with Gasteiger partial charge in [0.1, 0.15) is 11.5 Å². The fourth-order valence-electron chi connectivity index (χ4n) is 2.21.